The van der Waals surface area contributed by atoms with Gasteiger partial charge in [-0.25, -0.2) is 0 Å². The number of aliphatic carboxylic acids is 2. The molecule has 0 radical (unpaired) electrons. The van der Waals surface area contributed by atoms with Crippen molar-refractivity contribution in [2.45, 2.75) is 129 Å². The predicted octanol–water partition coefficient (Wildman–Crippen LogP) is 7.52. The SMILES string of the molecule is CC=C(O)C(O)(C(C(=O)O)c1cc(C(C)(C)C)c(O)c(C(C)(C)C)c1)C(C(=O)O)c1cc(C(C)(C)C)c(O)c(C(C)(C)C)c1. The Bertz CT molecular complexity index is 1280. The molecule has 0 spiro atoms. The molecule has 0 amide bonds. The highest BCUT2D eigenvalue weighted by Gasteiger charge is 2.56. The summed E-state index contributed by atoms with van der Waals surface area (Å²) in [5.41, 5.74) is -3.82. The third-order valence-electron chi connectivity index (χ3n) is 8.22. The number of aliphatic hydroxyl groups is 2. The minimum Gasteiger partial charge on any atom is -0.510 e. The highest BCUT2D eigenvalue weighted by Crippen LogP contribution is 2.50. The van der Waals surface area contributed by atoms with E-state index >= 15 is 0 Å². The van der Waals surface area contributed by atoms with Crippen LogP contribution >= 0.6 is 0 Å². The van der Waals surface area contributed by atoms with E-state index in [4.69, 9.17) is 0 Å². The Hall–Kier alpha value is -3.52. The van der Waals surface area contributed by atoms with E-state index in [0.717, 1.165) is 6.08 Å². The Morgan fingerprint density at radius 2 is 0.795 bits per heavy atom. The second kappa shape index (κ2) is 11.8. The quantitative estimate of drug-likeness (QED) is 0.175. The summed E-state index contributed by atoms with van der Waals surface area (Å²) in [5, 5.41) is 68.0. The number of hydrogen-bond donors (Lipinski definition) is 6. The monoisotopic (exact) mass is 612 g/mol. The Kier molecular flexibility index (Phi) is 9.81. The van der Waals surface area contributed by atoms with E-state index in [0.29, 0.717) is 22.3 Å². The summed E-state index contributed by atoms with van der Waals surface area (Å²) in [7, 11) is 0. The van der Waals surface area contributed by atoms with E-state index in [-0.39, 0.29) is 22.6 Å². The van der Waals surface area contributed by atoms with Crippen LogP contribution in [0.3, 0.4) is 0 Å². The Morgan fingerprint density at radius 1 is 0.568 bits per heavy atom. The number of aliphatic hydroxyl groups excluding tert-OH is 1. The van der Waals surface area contributed by atoms with Crippen LogP contribution in [0.5, 0.6) is 11.5 Å². The topological polar surface area (TPSA) is 156 Å². The van der Waals surface area contributed by atoms with Gasteiger partial charge in [0, 0.05) is 0 Å². The highest BCUT2D eigenvalue weighted by atomic mass is 16.4. The van der Waals surface area contributed by atoms with E-state index in [9.17, 15) is 40.2 Å². The molecule has 2 aromatic rings. The number of phenols is 2. The molecule has 0 aromatic heterocycles. The molecule has 0 bridgehead atoms. The third kappa shape index (κ3) is 6.90. The van der Waals surface area contributed by atoms with Crippen LogP contribution in [0.15, 0.2) is 36.1 Å². The lowest BCUT2D eigenvalue weighted by molar-refractivity contribution is -0.154. The van der Waals surface area contributed by atoms with Gasteiger partial charge in [-0.05, 0) is 68.0 Å². The molecule has 0 aliphatic heterocycles. The molecular weight excluding hydrogens is 560 g/mol. The van der Waals surface area contributed by atoms with Gasteiger partial charge in [-0.2, -0.15) is 0 Å². The van der Waals surface area contributed by atoms with Crippen LogP contribution in [0.1, 0.15) is 135 Å². The number of carboxylic acids is 2. The van der Waals surface area contributed by atoms with Crippen molar-refractivity contribution < 1.29 is 40.2 Å². The first kappa shape index (κ1) is 36.7. The van der Waals surface area contributed by atoms with E-state index in [1.165, 1.54) is 31.2 Å². The lowest BCUT2D eigenvalue weighted by Gasteiger charge is -2.40. The molecule has 8 heteroatoms. The van der Waals surface area contributed by atoms with Crippen molar-refractivity contribution in [1.82, 2.24) is 0 Å². The molecule has 2 unspecified atom stereocenters. The zero-order valence-corrected chi connectivity index (χ0v) is 28.5. The first-order chi connectivity index (χ1) is 19.6. The molecule has 44 heavy (non-hydrogen) atoms. The van der Waals surface area contributed by atoms with Crippen LogP contribution in [0.4, 0.5) is 0 Å². The predicted molar refractivity (Wildman–Crippen MR) is 173 cm³/mol. The zero-order chi connectivity index (χ0) is 34.5. The maximum atomic E-state index is 13.2. The summed E-state index contributed by atoms with van der Waals surface area (Å²) in [6.45, 7) is 23.6. The molecule has 0 saturated carbocycles. The van der Waals surface area contributed by atoms with Crippen molar-refractivity contribution in [1.29, 1.82) is 0 Å². The molecule has 2 aromatic carbocycles. The van der Waals surface area contributed by atoms with Gasteiger partial charge in [0.15, 0.2) is 5.60 Å². The molecule has 0 heterocycles. The number of benzene rings is 2. The molecular formula is C36H52O8. The van der Waals surface area contributed by atoms with Crippen molar-refractivity contribution >= 4 is 11.9 Å². The maximum absolute atomic E-state index is 13.2. The lowest BCUT2D eigenvalue weighted by atomic mass is 9.66. The summed E-state index contributed by atoms with van der Waals surface area (Å²) in [6, 6.07) is 5.87. The number of carbonyl (C=O) groups is 2. The van der Waals surface area contributed by atoms with Crippen LogP contribution in [-0.4, -0.2) is 48.2 Å². The van der Waals surface area contributed by atoms with Gasteiger partial charge in [-0.1, -0.05) is 107 Å². The van der Waals surface area contributed by atoms with Crippen molar-refractivity contribution in [3.63, 3.8) is 0 Å². The van der Waals surface area contributed by atoms with Gasteiger partial charge in [-0.3, -0.25) is 9.59 Å². The normalized spacial score (nSPS) is 16.3. The van der Waals surface area contributed by atoms with Crippen molar-refractivity contribution in [3.05, 3.63) is 69.5 Å². The summed E-state index contributed by atoms with van der Waals surface area (Å²) in [6.07, 6.45) is 1.09. The third-order valence-corrected chi connectivity index (χ3v) is 8.22. The fourth-order valence-electron chi connectivity index (χ4n) is 5.80. The molecule has 2 atom stereocenters. The largest absolute Gasteiger partial charge is 0.510 e. The van der Waals surface area contributed by atoms with Gasteiger partial charge in [-0.15, -0.1) is 0 Å². The van der Waals surface area contributed by atoms with Crippen molar-refractivity contribution in [3.8, 4) is 11.5 Å². The number of rotatable bonds is 7. The van der Waals surface area contributed by atoms with Gasteiger partial charge >= 0.3 is 11.9 Å². The smallest absolute Gasteiger partial charge is 0.314 e. The lowest BCUT2D eigenvalue weighted by Crippen LogP contribution is -2.50. The standard InChI is InChI=1S/C36H52O8/c1-14-25(37)36(44,26(30(40)41)19-15-21(32(2,3)4)28(38)22(16-19)33(5,6)7)27(31(42)43)20-17-23(34(8,9)10)29(39)24(18-20)35(11,12)13/h14-18,26-27,37-39,44H,1-13H3,(H,40,41)(H,42,43). The highest BCUT2D eigenvalue weighted by molar-refractivity contribution is 5.86. The van der Waals surface area contributed by atoms with Crippen LogP contribution in [0, 0.1) is 0 Å². The number of hydrogen-bond acceptors (Lipinski definition) is 6. The molecule has 0 aliphatic carbocycles. The van der Waals surface area contributed by atoms with Gasteiger partial charge in [0.25, 0.3) is 0 Å². The van der Waals surface area contributed by atoms with Crippen LogP contribution in [-0.2, 0) is 31.2 Å². The van der Waals surface area contributed by atoms with Crippen LogP contribution in [0.25, 0.3) is 0 Å². The molecule has 0 saturated heterocycles. The van der Waals surface area contributed by atoms with Gasteiger partial charge in [0.1, 0.15) is 29.1 Å². The van der Waals surface area contributed by atoms with Crippen LogP contribution < -0.4 is 0 Å². The Labute approximate surface area is 262 Å². The van der Waals surface area contributed by atoms with Crippen molar-refractivity contribution in [2.75, 3.05) is 0 Å². The second-order valence-electron chi connectivity index (χ2n) is 16.0. The van der Waals surface area contributed by atoms with E-state index in [1.807, 2.05) is 83.1 Å². The molecule has 6 N–H and O–H groups in total. The average molecular weight is 613 g/mol. The minimum atomic E-state index is -2.89. The summed E-state index contributed by atoms with van der Waals surface area (Å²) in [4.78, 5) is 26.5. The second-order valence-corrected chi connectivity index (χ2v) is 16.0. The fraction of sp³-hybridized carbons (Fsp3) is 0.556. The average Bonchev–Trinajstić information content (AvgIpc) is 2.81. The molecule has 244 valence electrons. The number of carboxylic acid groups (broad SMARTS) is 2. The number of aromatic hydroxyl groups is 2. The molecule has 8 nitrogen and oxygen atoms in total. The summed E-state index contributed by atoms with van der Waals surface area (Å²) in [5.74, 6) is -7.96. The Morgan fingerprint density at radius 3 is 0.955 bits per heavy atom. The van der Waals surface area contributed by atoms with Crippen LogP contribution in [0.2, 0.25) is 0 Å². The summed E-state index contributed by atoms with van der Waals surface area (Å²) < 4.78 is 0. The molecule has 0 fully saturated rings. The first-order valence-corrected chi connectivity index (χ1v) is 14.9. The zero-order valence-electron chi connectivity index (χ0n) is 28.5. The van der Waals surface area contributed by atoms with E-state index in [2.05, 4.69) is 0 Å². The van der Waals surface area contributed by atoms with Gasteiger partial charge in [0.05, 0.1) is 0 Å². The Balaban J connectivity index is 3.22. The number of phenolic OH excluding ortho intramolecular Hbond substituents is 2. The first-order valence-electron chi connectivity index (χ1n) is 14.9. The minimum absolute atomic E-state index is 0.0189. The maximum Gasteiger partial charge on any atom is 0.314 e. The summed E-state index contributed by atoms with van der Waals surface area (Å²) >= 11 is 0. The molecule has 0 aliphatic rings. The van der Waals surface area contributed by atoms with Gasteiger partial charge in [0.2, 0.25) is 0 Å². The fourth-order valence-corrected chi connectivity index (χ4v) is 5.80. The van der Waals surface area contributed by atoms with E-state index in [1.54, 1.807) is 0 Å². The van der Waals surface area contributed by atoms with E-state index < -0.39 is 56.8 Å². The van der Waals surface area contributed by atoms with Gasteiger partial charge < -0.3 is 30.6 Å². The number of allylic oxidation sites excluding steroid dienone is 1. The van der Waals surface area contributed by atoms with Crippen molar-refractivity contribution in [2.24, 2.45) is 0 Å². The molecule has 2 rings (SSSR count).